The molecule has 0 aromatic heterocycles. The minimum atomic E-state index is 0.528. The number of hydrogen-bond donors (Lipinski definition) is 1. The Morgan fingerprint density at radius 1 is 1.64 bits per heavy atom. The second-order valence-corrected chi connectivity index (χ2v) is 2.33. The first-order valence-corrected chi connectivity index (χ1v) is 3.80. The molecule has 11 heavy (non-hydrogen) atoms. The second-order valence-electron chi connectivity index (χ2n) is 2.33. The zero-order valence-corrected chi connectivity index (χ0v) is 7.30. The summed E-state index contributed by atoms with van der Waals surface area (Å²) in [6.07, 6.45) is 6.17. The number of nitrogens with zero attached hydrogens (tertiary/aromatic N) is 1. The van der Waals surface area contributed by atoms with Gasteiger partial charge in [0.2, 0.25) is 0 Å². The van der Waals surface area contributed by atoms with Crippen LogP contribution in [0.25, 0.3) is 0 Å². The van der Waals surface area contributed by atoms with Crippen LogP contribution in [0.5, 0.6) is 0 Å². The van der Waals surface area contributed by atoms with E-state index in [2.05, 4.69) is 24.6 Å². The average Bonchev–Trinajstić information content (AvgIpc) is 1.97. The fourth-order valence-corrected chi connectivity index (χ4v) is 0.687. The maximum atomic E-state index is 5.45. The van der Waals surface area contributed by atoms with Gasteiger partial charge in [-0.1, -0.05) is 26.0 Å². The maximum Gasteiger partial charge on any atom is 0.0790 e. The summed E-state index contributed by atoms with van der Waals surface area (Å²) in [6.45, 7) is 5.73. The molecule has 0 heterocycles. The van der Waals surface area contributed by atoms with Gasteiger partial charge in [0, 0.05) is 12.7 Å². The quantitative estimate of drug-likeness (QED) is 0.614. The highest BCUT2D eigenvalue weighted by atomic mass is 14.7. The lowest BCUT2D eigenvalue weighted by Gasteiger charge is -1.96. The van der Waals surface area contributed by atoms with E-state index in [0.717, 1.165) is 18.6 Å². The van der Waals surface area contributed by atoms with Gasteiger partial charge in [0.25, 0.3) is 0 Å². The van der Waals surface area contributed by atoms with Crippen molar-refractivity contribution in [3.63, 3.8) is 0 Å². The van der Waals surface area contributed by atoms with Crippen LogP contribution in [0.2, 0.25) is 0 Å². The third kappa shape index (κ3) is 4.37. The molecule has 0 aliphatic rings. The lowest BCUT2D eigenvalue weighted by molar-refractivity contribution is 0.959. The molecule has 0 spiro atoms. The summed E-state index contributed by atoms with van der Waals surface area (Å²) < 4.78 is 0. The van der Waals surface area contributed by atoms with Crippen molar-refractivity contribution in [3.8, 4) is 0 Å². The van der Waals surface area contributed by atoms with Gasteiger partial charge in [0.05, 0.1) is 5.71 Å². The largest absolute Gasteiger partial charge is 0.397 e. The molecular weight excluding hydrogens is 136 g/mol. The van der Waals surface area contributed by atoms with Crippen molar-refractivity contribution in [2.24, 2.45) is 10.7 Å². The molecule has 62 valence electrons. The third-order valence-electron chi connectivity index (χ3n) is 1.30. The number of unbranched alkanes of at least 4 members (excludes halogenated alkanes) is 1. The molecule has 0 atom stereocenters. The first-order valence-electron chi connectivity index (χ1n) is 3.80. The van der Waals surface area contributed by atoms with Crippen molar-refractivity contribution in [2.45, 2.75) is 19.8 Å². The predicted molar refractivity (Wildman–Crippen MR) is 50.7 cm³/mol. The van der Waals surface area contributed by atoms with Gasteiger partial charge in [-0.3, -0.25) is 4.99 Å². The van der Waals surface area contributed by atoms with Crippen LogP contribution in [0.1, 0.15) is 19.8 Å². The Kier molecular flexibility index (Phi) is 5.17. The van der Waals surface area contributed by atoms with Gasteiger partial charge < -0.3 is 5.73 Å². The van der Waals surface area contributed by atoms with E-state index in [9.17, 15) is 0 Å². The number of hydrogen-bond acceptors (Lipinski definition) is 2. The molecule has 0 saturated heterocycles. The van der Waals surface area contributed by atoms with Crippen molar-refractivity contribution >= 4 is 5.71 Å². The number of rotatable bonds is 4. The van der Waals surface area contributed by atoms with E-state index in [0.29, 0.717) is 5.70 Å². The molecule has 0 bridgehead atoms. The van der Waals surface area contributed by atoms with Crippen LogP contribution in [0.15, 0.2) is 29.4 Å². The lowest BCUT2D eigenvalue weighted by atomic mass is 10.2. The Balaban J connectivity index is 4.00. The van der Waals surface area contributed by atoms with Gasteiger partial charge in [0.15, 0.2) is 0 Å². The van der Waals surface area contributed by atoms with Gasteiger partial charge in [-0.25, -0.2) is 0 Å². The summed E-state index contributed by atoms with van der Waals surface area (Å²) in [5.74, 6) is 0. The molecule has 2 N–H and O–H groups in total. The first kappa shape index (κ1) is 9.95. The molecule has 0 aliphatic carbocycles. The van der Waals surface area contributed by atoms with Gasteiger partial charge in [-0.2, -0.15) is 0 Å². The van der Waals surface area contributed by atoms with E-state index in [4.69, 9.17) is 5.73 Å². The maximum absolute atomic E-state index is 5.45. The highest BCUT2D eigenvalue weighted by Crippen LogP contribution is 1.93. The zero-order chi connectivity index (χ0) is 8.69. The minimum absolute atomic E-state index is 0.528. The first-order chi connectivity index (χ1) is 5.22. The average molecular weight is 152 g/mol. The molecule has 0 aliphatic heterocycles. The summed E-state index contributed by atoms with van der Waals surface area (Å²) >= 11 is 0. The Morgan fingerprint density at radius 3 is 2.64 bits per heavy atom. The molecule has 0 unspecified atom stereocenters. The van der Waals surface area contributed by atoms with Crippen molar-refractivity contribution in [3.05, 3.63) is 24.4 Å². The molecule has 0 aromatic rings. The minimum Gasteiger partial charge on any atom is -0.397 e. The van der Waals surface area contributed by atoms with E-state index in [1.54, 1.807) is 7.05 Å². The van der Waals surface area contributed by atoms with Crippen molar-refractivity contribution in [2.75, 3.05) is 7.05 Å². The van der Waals surface area contributed by atoms with Crippen molar-refractivity contribution < 1.29 is 0 Å². The van der Waals surface area contributed by atoms with Crippen LogP contribution in [-0.2, 0) is 0 Å². The summed E-state index contributed by atoms with van der Waals surface area (Å²) in [4.78, 5) is 3.96. The molecule has 0 saturated carbocycles. The molecule has 0 rings (SSSR count). The number of allylic oxidation sites excluding steroid dienone is 2. The van der Waals surface area contributed by atoms with E-state index >= 15 is 0 Å². The smallest absolute Gasteiger partial charge is 0.0790 e. The van der Waals surface area contributed by atoms with Gasteiger partial charge in [-0.05, 0) is 12.5 Å². The SMILES string of the molecule is C=C(N)C(/C=C\CCC)=NC. The molecule has 2 heteroatoms. The van der Waals surface area contributed by atoms with Crippen LogP contribution in [0.3, 0.4) is 0 Å². The molecule has 0 radical (unpaired) electrons. The van der Waals surface area contributed by atoms with Crippen LogP contribution in [0, 0.1) is 0 Å². The Labute approximate surface area is 68.5 Å². The third-order valence-corrected chi connectivity index (χ3v) is 1.30. The normalized spacial score (nSPS) is 12.4. The second kappa shape index (κ2) is 5.71. The Morgan fingerprint density at radius 2 is 2.27 bits per heavy atom. The summed E-state index contributed by atoms with van der Waals surface area (Å²) in [5.41, 5.74) is 6.76. The highest BCUT2D eigenvalue weighted by Gasteiger charge is 1.91. The van der Waals surface area contributed by atoms with Crippen molar-refractivity contribution in [1.82, 2.24) is 0 Å². The predicted octanol–water partition coefficient (Wildman–Crippen LogP) is 1.89. The summed E-state index contributed by atoms with van der Waals surface area (Å²) in [6, 6.07) is 0. The van der Waals surface area contributed by atoms with Crippen molar-refractivity contribution in [1.29, 1.82) is 0 Å². The molecule has 0 amide bonds. The van der Waals surface area contributed by atoms with Gasteiger partial charge in [0.1, 0.15) is 0 Å². The Bertz CT molecular complexity index is 178. The van der Waals surface area contributed by atoms with Crippen LogP contribution in [0.4, 0.5) is 0 Å². The number of aliphatic imine (C=N–C) groups is 1. The van der Waals surface area contributed by atoms with Gasteiger partial charge >= 0.3 is 0 Å². The molecule has 2 nitrogen and oxygen atoms in total. The van der Waals surface area contributed by atoms with E-state index in [1.165, 1.54) is 0 Å². The Hall–Kier alpha value is -1.05. The topological polar surface area (TPSA) is 38.4 Å². The fourth-order valence-electron chi connectivity index (χ4n) is 0.687. The summed E-state index contributed by atoms with van der Waals surface area (Å²) in [5, 5.41) is 0. The molecular formula is C9H16N2. The fraction of sp³-hybridized carbons (Fsp3) is 0.444. The highest BCUT2D eigenvalue weighted by molar-refractivity contribution is 6.07. The van der Waals surface area contributed by atoms with Crippen LogP contribution >= 0.6 is 0 Å². The number of nitrogens with two attached hydrogens (primary N) is 1. The monoisotopic (exact) mass is 152 g/mol. The van der Waals surface area contributed by atoms with E-state index in [1.807, 2.05) is 6.08 Å². The zero-order valence-electron chi connectivity index (χ0n) is 7.30. The van der Waals surface area contributed by atoms with Gasteiger partial charge in [-0.15, -0.1) is 0 Å². The molecule has 0 fully saturated rings. The summed E-state index contributed by atoms with van der Waals surface area (Å²) in [7, 11) is 1.71. The van der Waals surface area contributed by atoms with Crippen LogP contribution < -0.4 is 5.73 Å². The molecule has 0 aromatic carbocycles. The lowest BCUT2D eigenvalue weighted by Crippen LogP contribution is -2.06. The van der Waals surface area contributed by atoms with E-state index < -0.39 is 0 Å². The van der Waals surface area contributed by atoms with Crippen LogP contribution in [-0.4, -0.2) is 12.8 Å². The van der Waals surface area contributed by atoms with E-state index in [-0.39, 0.29) is 0 Å². The standard InChI is InChI=1S/C9H16N2/c1-4-5-6-7-9(11-3)8(2)10/h6-7H,2,4-5,10H2,1,3H3/b7-6-,11-9?.